The number of carbonyl (C=O) groups excluding carboxylic acids is 1. The Bertz CT molecular complexity index is 541. The minimum atomic E-state index is -0.0916. The van der Waals surface area contributed by atoms with Crippen molar-refractivity contribution in [1.29, 1.82) is 0 Å². The molecule has 2 aromatic heterocycles. The van der Waals surface area contributed by atoms with Crippen molar-refractivity contribution in [3.63, 3.8) is 0 Å². The van der Waals surface area contributed by atoms with Crippen LogP contribution in [0.1, 0.15) is 29.2 Å². The third-order valence-corrected chi connectivity index (χ3v) is 4.46. The Kier molecular flexibility index (Phi) is 4.90. The molecule has 7 heteroatoms. The third kappa shape index (κ3) is 3.52. The standard InChI is InChI=1S/C12H14ClN3OS2/c1-8(11-7-18-9(2)15-11)16(12(17)3-13)5-10-4-14-19-6-10/h4,6-8H,3,5H2,1-2H3. The minimum absolute atomic E-state index is 0.0228. The van der Waals surface area contributed by atoms with Gasteiger partial charge in [0.2, 0.25) is 5.91 Å². The Morgan fingerprint density at radius 1 is 1.53 bits per heavy atom. The largest absolute Gasteiger partial charge is 0.329 e. The first-order valence-electron chi connectivity index (χ1n) is 5.77. The molecule has 1 unspecified atom stereocenters. The first-order chi connectivity index (χ1) is 9.11. The molecule has 0 aromatic carbocycles. The van der Waals surface area contributed by atoms with Crippen molar-refractivity contribution in [2.45, 2.75) is 26.4 Å². The second-order valence-electron chi connectivity index (χ2n) is 4.16. The van der Waals surface area contributed by atoms with Crippen molar-refractivity contribution in [3.05, 3.63) is 33.2 Å². The van der Waals surface area contributed by atoms with Crippen molar-refractivity contribution in [2.75, 3.05) is 5.88 Å². The highest BCUT2D eigenvalue weighted by Gasteiger charge is 2.23. The Labute approximate surface area is 125 Å². The molecule has 0 N–H and O–H groups in total. The molecule has 0 spiro atoms. The van der Waals surface area contributed by atoms with Crippen LogP contribution in [-0.4, -0.2) is 26.0 Å². The monoisotopic (exact) mass is 315 g/mol. The van der Waals surface area contributed by atoms with E-state index in [1.54, 1.807) is 22.4 Å². The Morgan fingerprint density at radius 3 is 2.84 bits per heavy atom. The number of aryl methyl sites for hydroxylation is 1. The smallest absolute Gasteiger partial charge is 0.238 e. The van der Waals surface area contributed by atoms with Crippen LogP contribution < -0.4 is 0 Å². The molecule has 1 atom stereocenters. The first-order valence-corrected chi connectivity index (χ1v) is 8.02. The molecule has 0 fully saturated rings. The van der Waals surface area contributed by atoms with Gasteiger partial charge in [0, 0.05) is 29.1 Å². The molecule has 102 valence electrons. The fourth-order valence-corrected chi connectivity index (χ4v) is 3.13. The van der Waals surface area contributed by atoms with E-state index in [4.69, 9.17) is 11.6 Å². The lowest BCUT2D eigenvalue weighted by Crippen LogP contribution is -2.34. The van der Waals surface area contributed by atoms with E-state index < -0.39 is 0 Å². The van der Waals surface area contributed by atoms with Gasteiger partial charge in [-0.15, -0.1) is 22.9 Å². The normalized spacial score (nSPS) is 12.4. The van der Waals surface area contributed by atoms with E-state index in [-0.39, 0.29) is 17.8 Å². The van der Waals surface area contributed by atoms with Gasteiger partial charge in [-0.3, -0.25) is 4.79 Å². The number of halogens is 1. The summed E-state index contributed by atoms with van der Waals surface area (Å²) in [5.74, 6) is -0.114. The van der Waals surface area contributed by atoms with Crippen molar-refractivity contribution in [2.24, 2.45) is 0 Å². The fourth-order valence-electron chi connectivity index (χ4n) is 1.75. The van der Waals surface area contributed by atoms with Gasteiger partial charge in [-0.05, 0) is 25.4 Å². The third-order valence-electron chi connectivity index (χ3n) is 2.80. The van der Waals surface area contributed by atoms with Crippen molar-refractivity contribution < 1.29 is 4.79 Å². The van der Waals surface area contributed by atoms with Gasteiger partial charge in [-0.2, -0.15) is 0 Å². The second kappa shape index (κ2) is 6.45. The zero-order chi connectivity index (χ0) is 13.8. The lowest BCUT2D eigenvalue weighted by Gasteiger charge is -2.27. The average molecular weight is 316 g/mol. The summed E-state index contributed by atoms with van der Waals surface area (Å²) in [5.41, 5.74) is 1.92. The summed E-state index contributed by atoms with van der Waals surface area (Å²) in [5, 5.41) is 4.92. The number of hydrogen-bond acceptors (Lipinski definition) is 5. The Morgan fingerprint density at radius 2 is 2.32 bits per heavy atom. The molecule has 0 saturated heterocycles. The average Bonchev–Trinajstić information content (AvgIpc) is 3.05. The van der Waals surface area contributed by atoms with Crippen LogP contribution >= 0.6 is 34.5 Å². The maximum Gasteiger partial charge on any atom is 0.238 e. The summed E-state index contributed by atoms with van der Waals surface area (Å²) in [6, 6.07) is -0.0869. The number of aromatic nitrogens is 2. The molecule has 2 heterocycles. The Hall–Kier alpha value is -0.980. The van der Waals surface area contributed by atoms with Crippen LogP contribution in [0.3, 0.4) is 0 Å². The highest BCUT2D eigenvalue weighted by Crippen LogP contribution is 2.24. The Balaban J connectivity index is 2.19. The number of rotatable bonds is 5. The molecule has 4 nitrogen and oxygen atoms in total. The van der Waals surface area contributed by atoms with Gasteiger partial charge in [0.15, 0.2) is 0 Å². The lowest BCUT2D eigenvalue weighted by atomic mass is 10.2. The van der Waals surface area contributed by atoms with E-state index in [0.717, 1.165) is 16.3 Å². The summed E-state index contributed by atoms with van der Waals surface area (Å²) in [6.45, 7) is 4.44. The number of hydrogen-bond donors (Lipinski definition) is 0. The summed E-state index contributed by atoms with van der Waals surface area (Å²) in [6.07, 6.45) is 1.78. The number of carbonyl (C=O) groups is 1. The zero-order valence-corrected chi connectivity index (χ0v) is 13.1. The van der Waals surface area contributed by atoms with E-state index in [0.29, 0.717) is 6.54 Å². The maximum absolute atomic E-state index is 12.0. The van der Waals surface area contributed by atoms with Crippen molar-refractivity contribution >= 4 is 40.4 Å². The molecule has 2 aromatic rings. The molecule has 1 amide bonds. The van der Waals surface area contributed by atoms with Crippen LogP contribution in [0.25, 0.3) is 0 Å². The van der Waals surface area contributed by atoms with Crippen molar-refractivity contribution in [3.8, 4) is 0 Å². The van der Waals surface area contributed by atoms with Crippen LogP contribution in [0.5, 0.6) is 0 Å². The molecule has 0 bridgehead atoms. The topological polar surface area (TPSA) is 46.1 Å². The molecular formula is C12H14ClN3OS2. The van der Waals surface area contributed by atoms with Gasteiger partial charge >= 0.3 is 0 Å². The van der Waals surface area contributed by atoms with Gasteiger partial charge in [0.1, 0.15) is 5.88 Å². The first kappa shape index (κ1) is 14.4. The van der Waals surface area contributed by atoms with Gasteiger partial charge in [-0.1, -0.05) is 0 Å². The van der Waals surface area contributed by atoms with E-state index in [1.165, 1.54) is 11.5 Å². The molecule has 0 radical (unpaired) electrons. The van der Waals surface area contributed by atoms with Crippen LogP contribution in [0.15, 0.2) is 17.0 Å². The number of nitrogens with zero attached hydrogens (tertiary/aromatic N) is 3. The summed E-state index contributed by atoms with van der Waals surface area (Å²) in [4.78, 5) is 18.2. The maximum atomic E-state index is 12.0. The van der Waals surface area contributed by atoms with Gasteiger partial charge in [0.05, 0.1) is 16.7 Å². The van der Waals surface area contributed by atoms with E-state index in [1.807, 2.05) is 24.6 Å². The molecule has 2 rings (SSSR count). The van der Waals surface area contributed by atoms with E-state index in [9.17, 15) is 4.79 Å². The SMILES string of the molecule is Cc1nc(C(C)N(Cc2cnsc2)C(=O)CCl)cs1. The highest BCUT2D eigenvalue weighted by molar-refractivity contribution is 7.09. The second-order valence-corrected chi connectivity index (χ2v) is 6.14. The minimum Gasteiger partial charge on any atom is -0.329 e. The molecule has 0 saturated carbocycles. The van der Waals surface area contributed by atoms with Gasteiger partial charge < -0.3 is 4.90 Å². The van der Waals surface area contributed by atoms with Crippen molar-refractivity contribution in [1.82, 2.24) is 14.3 Å². The predicted molar refractivity (Wildman–Crippen MR) is 78.7 cm³/mol. The fraction of sp³-hybridized carbons (Fsp3) is 0.417. The number of amides is 1. The van der Waals surface area contributed by atoms with Gasteiger partial charge in [0.25, 0.3) is 0 Å². The van der Waals surface area contributed by atoms with Crippen LogP contribution in [0.2, 0.25) is 0 Å². The van der Waals surface area contributed by atoms with Crippen LogP contribution in [0, 0.1) is 6.92 Å². The number of thiazole rings is 1. The quantitative estimate of drug-likeness (QED) is 0.796. The molecule has 0 aliphatic rings. The molecular weight excluding hydrogens is 302 g/mol. The summed E-state index contributed by atoms with van der Waals surface area (Å²) in [7, 11) is 0. The van der Waals surface area contributed by atoms with Gasteiger partial charge in [-0.25, -0.2) is 9.36 Å². The summed E-state index contributed by atoms with van der Waals surface area (Å²) >= 11 is 8.66. The number of alkyl halides is 1. The van der Waals surface area contributed by atoms with E-state index >= 15 is 0 Å². The summed E-state index contributed by atoms with van der Waals surface area (Å²) < 4.78 is 4.05. The lowest BCUT2D eigenvalue weighted by molar-refractivity contribution is -0.131. The van der Waals surface area contributed by atoms with Crippen LogP contribution in [0.4, 0.5) is 0 Å². The molecule has 0 aliphatic carbocycles. The molecule has 19 heavy (non-hydrogen) atoms. The predicted octanol–water partition coefficient (Wildman–Crippen LogP) is 3.24. The van der Waals surface area contributed by atoms with E-state index in [2.05, 4.69) is 9.36 Å². The zero-order valence-electron chi connectivity index (χ0n) is 10.7. The highest BCUT2D eigenvalue weighted by atomic mass is 35.5. The molecule has 0 aliphatic heterocycles. The van der Waals surface area contributed by atoms with Crippen LogP contribution in [-0.2, 0) is 11.3 Å².